The summed E-state index contributed by atoms with van der Waals surface area (Å²) in [6.07, 6.45) is 0. The van der Waals surface area contributed by atoms with Crippen LogP contribution in [0.2, 0.25) is 0 Å². The predicted molar refractivity (Wildman–Crippen MR) is 110 cm³/mol. The van der Waals surface area contributed by atoms with E-state index in [2.05, 4.69) is 22.0 Å². The highest BCUT2D eigenvalue weighted by atomic mass is 127. The van der Waals surface area contributed by atoms with Gasteiger partial charge >= 0.3 is 0 Å². The van der Waals surface area contributed by atoms with Crippen LogP contribution in [0.25, 0.3) is 0 Å². The van der Waals surface area contributed by atoms with Gasteiger partial charge in [-0.15, -0.1) is 24.0 Å². The Hall–Kier alpha value is -1.55. The van der Waals surface area contributed by atoms with E-state index >= 15 is 0 Å². The van der Waals surface area contributed by atoms with Crippen molar-refractivity contribution in [1.29, 1.82) is 0 Å². The number of hydrogen-bond acceptors (Lipinski definition) is 4. The van der Waals surface area contributed by atoms with Crippen LogP contribution in [0.15, 0.2) is 35.3 Å². The van der Waals surface area contributed by atoms with Crippen molar-refractivity contribution in [1.82, 2.24) is 9.80 Å². The molecule has 0 unspecified atom stereocenters. The molecule has 25 heavy (non-hydrogen) atoms. The zero-order valence-corrected chi connectivity index (χ0v) is 16.7. The smallest absolute Gasteiger partial charge is 0.244 e. The Morgan fingerprint density at radius 3 is 2.28 bits per heavy atom. The van der Waals surface area contributed by atoms with Gasteiger partial charge in [0.2, 0.25) is 5.91 Å². The fourth-order valence-corrected chi connectivity index (χ4v) is 2.99. The molecular weight excluding hydrogens is 433 g/mol. The summed E-state index contributed by atoms with van der Waals surface area (Å²) < 4.78 is 5.29. The Morgan fingerprint density at radius 2 is 1.64 bits per heavy atom. The van der Waals surface area contributed by atoms with Crippen LogP contribution in [0.3, 0.4) is 0 Å². The molecule has 2 N–H and O–H groups in total. The van der Waals surface area contributed by atoms with Gasteiger partial charge in [0.1, 0.15) is 6.54 Å². The molecule has 0 radical (unpaired) electrons. The van der Waals surface area contributed by atoms with Crippen LogP contribution in [0.1, 0.15) is 0 Å². The molecule has 0 spiro atoms. The predicted octanol–water partition coefficient (Wildman–Crippen LogP) is 0.600. The van der Waals surface area contributed by atoms with Crippen LogP contribution in [0, 0.1) is 0 Å². The molecule has 3 rings (SSSR count). The highest BCUT2D eigenvalue weighted by Crippen LogP contribution is 2.15. The lowest BCUT2D eigenvalue weighted by atomic mass is 10.2. The SMILES string of the molecule is I.NC(=NCC(=O)N1CCN(c2ccccc2)CC1)N1CCOCC1. The third-order valence-corrected chi connectivity index (χ3v) is 4.47. The molecule has 0 atom stereocenters. The number of hydrogen-bond donors (Lipinski definition) is 1. The molecule has 8 heteroatoms. The van der Waals surface area contributed by atoms with Gasteiger partial charge in [0.05, 0.1) is 13.2 Å². The first-order valence-electron chi connectivity index (χ1n) is 8.44. The number of anilines is 1. The van der Waals surface area contributed by atoms with Gasteiger partial charge < -0.3 is 25.2 Å². The summed E-state index contributed by atoms with van der Waals surface area (Å²) in [6.45, 7) is 6.04. The van der Waals surface area contributed by atoms with Crippen LogP contribution in [0.4, 0.5) is 5.69 Å². The summed E-state index contributed by atoms with van der Waals surface area (Å²) in [6, 6.07) is 10.3. The molecule has 2 heterocycles. The zero-order chi connectivity index (χ0) is 16.8. The average Bonchev–Trinajstić information content (AvgIpc) is 2.67. The van der Waals surface area contributed by atoms with E-state index in [0.717, 1.165) is 39.3 Å². The monoisotopic (exact) mass is 459 g/mol. The van der Waals surface area contributed by atoms with Crippen molar-refractivity contribution in [3.05, 3.63) is 30.3 Å². The Bertz CT molecular complexity index is 570. The van der Waals surface area contributed by atoms with E-state index in [1.807, 2.05) is 28.0 Å². The van der Waals surface area contributed by atoms with Crippen molar-refractivity contribution in [2.45, 2.75) is 0 Å². The summed E-state index contributed by atoms with van der Waals surface area (Å²) >= 11 is 0. The largest absolute Gasteiger partial charge is 0.378 e. The van der Waals surface area contributed by atoms with Crippen molar-refractivity contribution >= 4 is 41.5 Å². The number of piperazine rings is 1. The number of ether oxygens (including phenoxy) is 1. The number of guanidine groups is 1. The maximum atomic E-state index is 12.3. The van der Waals surface area contributed by atoms with Gasteiger partial charge in [-0.25, -0.2) is 4.99 Å². The van der Waals surface area contributed by atoms with Crippen LogP contribution >= 0.6 is 24.0 Å². The van der Waals surface area contributed by atoms with E-state index in [9.17, 15) is 4.79 Å². The number of carbonyl (C=O) groups excluding carboxylic acids is 1. The lowest BCUT2D eigenvalue weighted by molar-refractivity contribution is -0.129. The zero-order valence-electron chi connectivity index (χ0n) is 14.3. The van der Waals surface area contributed by atoms with E-state index in [1.54, 1.807) is 0 Å². The first-order valence-corrected chi connectivity index (χ1v) is 8.44. The normalized spacial score (nSPS) is 18.7. The van der Waals surface area contributed by atoms with Crippen LogP contribution < -0.4 is 10.6 Å². The molecule has 0 saturated carbocycles. The second-order valence-electron chi connectivity index (χ2n) is 5.98. The molecule has 2 aliphatic heterocycles. The lowest BCUT2D eigenvalue weighted by Crippen LogP contribution is -2.50. The van der Waals surface area contributed by atoms with Gasteiger partial charge in [0, 0.05) is 45.0 Å². The number of para-hydroxylation sites is 1. The van der Waals surface area contributed by atoms with Gasteiger partial charge in [-0.3, -0.25) is 4.79 Å². The third kappa shape index (κ3) is 5.46. The molecular formula is C17H26IN5O2. The molecule has 0 aromatic heterocycles. The number of nitrogens with two attached hydrogens (primary N) is 1. The number of nitrogens with zero attached hydrogens (tertiary/aromatic N) is 4. The van der Waals surface area contributed by atoms with Crippen LogP contribution in [0.5, 0.6) is 0 Å². The lowest BCUT2D eigenvalue weighted by Gasteiger charge is -2.36. The fourth-order valence-electron chi connectivity index (χ4n) is 2.99. The van der Waals surface area contributed by atoms with E-state index in [0.29, 0.717) is 19.2 Å². The fraction of sp³-hybridized carbons (Fsp3) is 0.529. The standard InChI is InChI=1S/C17H25N5O2.HI/c18-17(22-10-12-24-13-11-22)19-14-16(23)21-8-6-20(7-9-21)15-4-2-1-3-5-15;/h1-5H,6-14H2,(H2,18,19);1H. The molecule has 2 fully saturated rings. The van der Waals surface area contributed by atoms with Gasteiger partial charge in [-0.2, -0.15) is 0 Å². The van der Waals surface area contributed by atoms with E-state index < -0.39 is 0 Å². The molecule has 0 aliphatic carbocycles. The summed E-state index contributed by atoms with van der Waals surface area (Å²) in [4.78, 5) is 22.7. The summed E-state index contributed by atoms with van der Waals surface area (Å²) in [5, 5.41) is 0. The Labute approximate surface area is 165 Å². The highest BCUT2D eigenvalue weighted by molar-refractivity contribution is 14.0. The number of carbonyl (C=O) groups is 1. The maximum absolute atomic E-state index is 12.3. The molecule has 7 nitrogen and oxygen atoms in total. The summed E-state index contributed by atoms with van der Waals surface area (Å²) in [7, 11) is 0. The Balaban J connectivity index is 0.00000225. The molecule has 1 aromatic rings. The van der Waals surface area contributed by atoms with Crippen molar-refractivity contribution in [3.8, 4) is 0 Å². The minimum Gasteiger partial charge on any atom is -0.378 e. The quantitative estimate of drug-likeness (QED) is 0.407. The Morgan fingerprint density at radius 1 is 1.00 bits per heavy atom. The average molecular weight is 459 g/mol. The summed E-state index contributed by atoms with van der Waals surface area (Å²) in [5.41, 5.74) is 7.17. The maximum Gasteiger partial charge on any atom is 0.244 e. The van der Waals surface area contributed by atoms with Crippen molar-refractivity contribution in [2.75, 3.05) is 63.9 Å². The number of rotatable bonds is 3. The van der Waals surface area contributed by atoms with E-state index in [-0.39, 0.29) is 36.4 Å². The first-order chi connectivity index (χ1) is 11.7. The second kappa shape index (κ2) is 9.81. The number of amides is 1. The molecule has 2 aliphatic rings. The number of morpholine rings is 1. The van der Waals surface area contributed by atoms with Gasteiger partial charge in [-0.05, 0) is 12.1 Å². The number of benzene rings is 1. The van der Waals surface area contributed by atoms with E-state index in [1.165, 1.54) is 5.69 Å². The van der Waals surface area contributed by atoms with Gasteiger partial charge in [0.25, 0.3) is 0 Å². The van der Waals surface area contributed by atoms with Crippen LogP contribution in [-0.4, -0.2) is 80.7 Å². The topological polar surface area (TPSA) is 74.4 Å². The minimum atomic E-state index is 0. The molecule has 138 valence electrons. The second-order valence-corrected chi connectivity index (χ2v) is 5.98. The van der Waals surface area contributed by atoms with Gasteiger partial charge in [-0.1, -0.05) is 18.2 Å². The van der Waals surface area contributed by atoms with Crippen molar-refractivity contribution < 1.29 is 9.53 Å². The van der Waals surface area contributed by atoms with Crippen LogP contribution in [-0.2, 0) is 9.53 Å². The minimum absolute atomic E-state index is 0. The molecule has 1 amide bonds. The molecule has 0 bridgehead atoms. The molecule has 1 aromatic carbocycles. The summed E-state index contributed by atoms with van der Waals surface area (Å²) in [5.74, 6) is 0.480. The molecule has 2 saturated heterocycles. The van der Waals surface area contributed by atoms with Crippen molar-refractivity contribution in [2.24, 2.45) is 10.7 Å². The first kappa shape index (κ1) is 19.8. The number of aliphatic imine (C=N–C) groups is 1. The third-order valence-electron chi connectivity index (χ3n) is 4.47. The Kier molecular flexibility index (Phi) is 7.76. The van der Waals surface area contributed by atoms with E-state index in [4.69, 9.17) is 10.5 Å². The number of halogens is 1. The van der Waals surface area contributed by atoms with Crippen molar-refractivity contribution in [3.63, 3.8) is 0 Å². The van der Waals surface area contributed by atoms with Gasteiger partial charge in [0.15, 0.2) is 5.96 Å². The highest BCUT2D eigenvalue weighted by Gasteiger charge is 2.21.